The first-order valence-electron chi connectivity index (χ1n) is 10.1. The Kier molecular flexibility index (Phi) is 18.4. The molecule has 0 spiro atoms. The highest BCUT2D eigenvalue weighted by molar-refractivity contribution is 8.13. The summed E-state index contributed by atoms with van der Waals surface area (Å²) in [4.78, 5) is 22.1. The number of amides is 1. The van der Waals surface area contributed by atoms with Crippen molar-refractivity contribution in [2.75, 3.05) is 12.3 Å². The van der Waals surface area contributed by atoms with Crippen molar-refractivity contribution in [3.63, 3.8) is 0 Å². The van der Waals surface area contributed by atoms with Gasteiger partial charge in [-0.25, -0.2) is 0 Å². The third kappa shape index (κ3) is 19.5. The van der Waals surface area contributed by atoms with Crippen molar-refractivity contribution in [1.82, 2.24) is 5.32 Å². The van der Waals surface area contributed by atoms with Crippen molar-refractivity contribution in [3.05, 3.63) is 0 Å². The molecule has 0 aromatic carbocycles. The zero-order valence-electron chi connectivity index (χ0n) is 16.0. The largest absolute Gasteiger partial charge is 0.348 e. The summed E-state index contributed by atoms with van der Waals surface area (Å²) in [7, 11) is 0. The van der Waals surface area contributed by atoms with Gasteiger partial charge in [0, 0.05) is 12.7 Å². The Labute approximate surface area is 154 Å². The molecule has 0 aromatic rings. The molecule has 0 atom stereocenters. The Hall–Kier alpha value is -0.510. The molecule has 0 aromatic heterocycles. The summed E-state index contributed by atoms with van der Waals surface area (Å²) in [6, 6.07) is 0. The van der Waals surface area contributed by atoms with E-state index in [0.717, 1.165) is 12.2 Å². The van der Waals surface area contributed by atoms with Crippen LogP contribution in [0.25, 0.3) is 0 Å². The summed E-state index contributed by atoms with van der Waals surface area (Å²) in [5.74, 6) is 0.747. The highest BCUT2D eigenvalue weighted by atomic mass is 32.2. The van der Waals surface area contributed by atoms with E-state index in [1.165, 1.54) is 102 Å². The molecular weight excluding hydrogens is 318 g/mol. The number of thioether (sulfide) groups is 1. The Balaban J connectivity index is 3.10. The quantitative estimate of drug-likeness (QED) is 0.331. The van der Waals surface area contributed by atoms with Crippen molar-refractivity contribution in [3.8, 4) is 0 Å². The van der Waals surface area contributed by atoms with Gasteiger partial charge in [0.25, 0.3) is 0 Å². The van der Waals surface area contributed by atoms with E-state index in [0.29, 0.717) is 0 Å². The van der Waals surface area contributed by atoms with Crippen molar-refractivity contribution < 1.29 is 9.59 Å². The van der Waals surface area contributed by atoms with Crippen LogP contribution in [0.2, 0.25) is 0 Å². The second-order valence-electron chi connectivity index (χ2n) is 6.73. The second-order valence-corrected chi connectivity index (χ2v) is 7.88. The highest BCUT2D eigenvalue weighted by Crippen LogP contribution is 2.14. The van der Waals surface area contributed by atoms with E-state index >= 15 is 0 Å². The first-order chi connectivity index (χ1) is 11.7. The van der Waals surface area contributed by atoms with E-state index in [9.17, 15) is 9.59 Å². The highest BCUT2D eigenvalue weighted by Gasteiger charge is 2.02. The van der Waals surface area contributed by atoms with Gasteiger partial charge in [-0.1, -0.05) is 102 Å². The lowest BCUT2D eigenvalue weighted by atomic mass is 10.0. The van der Waals surface area contributed by atoms with Gasteiger partial charge in [0.05, 0.1) is 6.54 Å². The van der Waals surface area contributed by atoms with Crippen LogP contribution >= 0.6 is 11.8 Å². The van der Waals surface area contributed by atoms with Crippen LogP contribution < -0.4 is 5.32 Å². The standard InChI is InChI=1S/C20H39NO2S/c1-3-4-5-6-7-8-9-10-11-12-13-14-15-16-17-24-20(23)18-21-19(2)22/h3-18H2,1-2H3,(H,21,22). The molecule has 24 heavy (non-hydrogen) atoms. The topological polar surface area (TPSA) is 46.2 Å². The van der Waals surface area contributed by atoms with Crippen LogP contribution in [0.5, 0.6) is 0 Å². The summed E-state index contributed by atoms with van der Waals surface area (Å²) < 4.78 is 0. The molecule has 1 N–H and O–H groups in total. The van der Waals surface area contributed by atoms with Crippen molar-refractivity contribution in [2.24, 2.45) is 0 Å². The smallest absolute Gasteiger partial charge is 0.217 e. The third-order valence-electron chi connectivity index (χ3n) is 4.24. The predicted molar refractivity (Wildman–Crippen MR) is 106 cm³/mol. The molecule has 0 aliphatic rings. The van der Waals surface area contributed by atoms with Crippen LogP contribution in [-0.2, 0) is 9.59 Å². The van der Waals surface area contributed by atoms with E-state index in [2.05, 4.69) is 12.2 Å². The number of carbonyl (C=O) groups is 2. The first kappa shape index (κ1) is 23.5. The predicted octanol–water partition coefficient (Wildman–Crippen LogP) is 5.86. The molecule has 0 radical (unpaired) electrons. The van der Waals surface area contributed by atoms with Crippen LogP contribution in [0.4, 0.5) is 0 Å². The lowest BCUT2D eigenvalue weighted by Crippen LogP contribution is -2.25. The van der Waals surface area contributed by atoms with Gasteiger partial charge in [-0.2, -0.15) is 0 Å². The lowest BCUT2D eigenvalue weighted by molar-refractivity contribution is -0.121. The van der Waals surface area contributed by atoms with Gasteiger partial charge in [-0.3, -0.25) is 9.59 Å². The van der Waals surface area contributed by atoms with E-state index in [1.807, 2.05) is 0 Å². The van der Waals surface area contributed by atoms with Gasteiger partial charge in [0.2, 0.25) is 11.0 Å². The average molecular weight is 358 g/mol. The average Bonchev–Trinajstić information content (AvgIpc) is 2.56. The summed E-state index contributed by atoms with van der Waals surface area (Å²) in [6.07, 6.45) is 19.0. The Morgan fingerprint density at radius 1 is 0.708 bits per heavy atom. The lowest BCUT2D eigenvalue weighted by Gasteiger charge is -2.04. The number of rotatable bonds is 17. The van der Waals surface area contributed by atoms with Gasteiger partial charge in [0.15, 0.2) is 0 Å². The van der Waals surface area contributed by atoms with Crippen LogP contribution in [0.15, 0.2) is 0 Å². The van der Waals surface area contributed by atoms with E-state index in [-0.39, 0.29) is 17.6 Å². The molecule has 0 saturated heterocycles. The summed E-state index contributed by atoms with van der Waals surface area (Å²) >= 11 is 1.35. The van der Waals surface area contributed by atoms with Crippen LogP contribution in [-0.4, -0.2) is 23.3 Å². The second kappa shape index (κ2) is 18.8. The molecule has 0 fully saturated rings. The molecule has 0 saturated carbocycles. The molecule has 0 heterocycles. The maximum absolute atomic E-state index is 11.4. The fraction of sp³-hybridized carbons (Fsp3) is 0.900. The minimum Gasteiger partial charge on any atom is -0.348 e. The molecule has 0 unspecified atom stereocenters. The number of carbonyl (C=O) groups excluding carboxylic acids is 2. The number of hydrogen-bond acceptors (Lipinski definition) is 3. The van der Waals surface area contributed by atoms with Gasteiger partial charge >= 0.3 is 0 Å². The van der Waals surface area contributed by atoms with Gasteiger partial charge in [-0.15, -0.1) is 0 Å². The Bertz CT molecular complexity index is 308. The summed E-state index contributed by atoms with van der Waals surface area (Å²) in [5, 5.41) is 2.61. The van der Waals surface area contributed by atoms with Crippen molar-refractivity contribution in [2.45, 2.75) is 104 Å². The van der Waals surface area contributed by atoms with E-state index in [4.69, 9.17) is 0 Å². The molecule has 0 aliphatic carbocycles. The Morgan fingerprint density at radius 2 is 1.12 bits per heavy atom. The molecule has 142 valence electrons. The molecule has 1 amide bonds. The molecule has 0 bridgehead atoms. The minimum atomic E-state index is -0.138. The maximum atomic E-state index is 11.4. The third-order valence-corrected chi connectivity index (χ3v) is 5.20. The van der Waals surface area contributed by atoms with Crippen molar-refractivity contribution >= 4 is 22.8 Å². The van der Waals surface area contributed by atoms with Gasteiger partial charge < -0.3 is 5.32 Å². The molecular formula is C20H39NO2S. The van der Waals surface area contributed by atoms with E-state index in [1.54, 1.807) is 0 Å². The van der Waals surface area contributed by atoms with Crippen molar-refractivity contribution in [1.29, 1.82) is 0 Å². The van der Waals surface area contributed by atoms with Crippen LogP contribution in [0.1, 0.15) is 104 Å². The molecule has 0 aliphatic heterocycles. The fourth-order valence-corrected chi connectivity index (χ4v) is 3.48. The molecule has 0 rings (SSSR count). The van der Waals surface area contributed by atoms with Crippen LogP contribution in [0.3, 0.4) is 0 Å². The van der Waals surface area contributed by atoms with Gasteiger partial charge in [0.1, 0.15) is 0 Å². The number of hydrogen-bond donors (Lipinski definition) is 1. The fourth-order valence-electron chi connectivity index (χ4n) is 2.73. The normalized spacial score (nSPS) is 10.8. The molecule has 4 heteroatoms. The Morgan fingerprint density at radius 3 is 1.54 bits per heavy atom. The van der Waals surface area contributed by atoms with Crippen LogP contribution in [0, 0.1) is 0 Å². The maximum Gasteiger partial charge on any atom is 0.217 e. The summed E-state index contributed by atoms with van der Waals surface area (Å²) in [6.45, 7) is 3.87. The SMILES string of the molecule is CCCCCCCCCCCCCCCCSC(=O)CNC(C)=O. The minimum absolute atomic E-state index is 0.0693. The van der Waals surface area contributed by atoms with Gasteiger partial charge in [-0.05, 0) is 6.42 Å². The van der Waals surface area contributed by atoms with E-state index < -0.39 is 0 Å². The summed E-state index contributed by atoms with van der Waals surface area (Å²) in [5.41, 5.74) is 0. The monoisotopic (exact) mass is 357 g/mol. The number of nitrogens with one attached hydrogen (secondary N) is 1. The zero-order chi connectivity index (χ0) is 17.9. The number of unbranched alkanes of at least 4 members (excludes halogenated alkanes) is 13. The molecule has 3 nitrogen and oxygen atoms in total. The zero-order valence-corrected chi connectivity index (χ0v) is 16.9. The first-order valence-corrected chi connectivity index (χ1v) is 11.1.